The van der Waals surface area contributed by atoms with E-state index in [1.165, 1.54) is 16.6 Å². The number of aromatic nitrogens is 3. The number of rotatable bonds is 8. The number of aryl methyl sites for hydroxylation is 2. The maximum Gasteiger partial charge on any atom is 0.237 e. The van der Waals surface area contributed by atoms with Crippen molar-refractivity contribution in [3.05, 3.63) is 53.0 Å². The quantitative estimate of drug-likeness (QED) is 0.596. The highest BCUT2D eigenvalue weighted by atomic mass is 32.2. The molecule has 3 rings (SSSR count). The smallest absolute Gasteiger partial charge is 0.237 e. The molecule has 0 aliphatic rings. The summed E-state index contributed by atoms with van der Waals surface area (Å²) in [5.74, 6) is 0.532. The number of nitrogens with zero attached hydrogens (tertiary/aromatic N) is 3. The van der Waals surface area contributed by atoms with Gasteiger partial charge in [-0.2, -0.15) is 0 Å². The molecule has 6 nitrogen and oxygen atoms in total. The zero-order valence-electron chi connectivity index (χ0n) is 14.6. The second kappa shape index (κ2) is 8.86. The van der Waals surface area contributed by atoms with Crippen LogP contribution in [-0.4, -0.2) is 33.0 Å². The van der Waals surface area contributed by atoms with Crippen LogP contribution in [0.4, 0.5) is 5.69 Å². The van der Waals surface area contributed by atoms with Crippen LogP contribution in [0.5, 0.6) is 5.75 Å². The number of carbonyl (C=O) groups excluding carboxylic acids is 1. The van der Waals surface area contributed by atoms with Crippen LogP contribution >= 0.6 is 23.1 Å². The number of hydrogen-bond acceptors (Lipinski definition) is 6. The van der Waals surface area contributed by atoms with E-state index in [2.05, 4.69) is 27.0 Å². The second-order valence-electron chi connectivity index (χ2n) is 5.59. The van der Waals surface area contributed by atoms with E-state index in [1.54, 1.807) is 24.8 Å². The van der Waals surface area contributed by atoms with Crippen LogP contribution in [0.15, 0.2) is 53.3 Å². The summed E-state index contributed by atoms with van der Waals surface area (Å²) in [6.07, 6.45) is 2.63. The van der Waals surface area contributed by atoms with E-state index in [9.17, 15) is 4.79 Å². The zero-order valence-corrected chi connectivity index (χ0v) is 16.2. The van der Waals surface area contributed by atoms with Crippen LogP contribution in [0.3, 0.4) is 0 Å². The molecule has 3 aromatic rings. The normalized spacial score (nSPS) is 11.9. The molecule has 0 fully saturated rings. The van der Waals surface area contributed by atoms with Gasteiger partial charge in [-0.3, -0.25) is 4.79 Å². The first-order valence-corrected chi connectivity index (χ1v) is 9.94. The standard InChI is InChI=1S/C18H20N4O2S2/c1-13(17(23)20-15-7-3-4-8-16(15)24-2)26-18-21-19-12-22(18)10-9-14-6-5-11-25-14/h3-8,11-13H,9-10H2,1-2H3,(H,20,23). The molecule has 1 aromatic carbocycles. The minimum Gasteiger partial charge on any atom is -0.495 e. The molecule has 1 N–H and O–H groups in total. The van der Waals surface area contributed by atoms with Crippen LogP contribution in [0.1, 0.15) is 11.8 Å². The van der Waals surface area contributed by atoms with Gasteiger partial charge in [0.2, 0.25) is 5.91 Å². The van der Waals surface area contributed by atoms with Crippen molar-refractivity contribution in [2.75, 3.05) is 12.4 Å². The van der Waals surface area contributed by atoms with Crippen molar-refractivity contribution in [2.45, 2.75) is 30.3 Å². The molecule has 0 saturated carbocycles. The minimum absolute atomic E-state index is 0.104. The van der Waals surface area contributed by atoms with Gasteiger partial charge in [-0.05, 0) is 36.9 Å². The van der Waals surface area contributed by atoms with Gasteiger partial charge in [-0.15, -0.1) is 21.5 Å². The average Bonchev–Trinajstić information content (AvgIpc) is 3.32. The number of thioether (sulfide) groups is 1. The van der Waals surface area contributed by atoms with Crippen molar-refractivity contribution in [1.29, 1.82) is 0 Å². The Morgan fingerprint density at radius 1 is 1.35 bits per heavy atom. The SMILES string of the molecule is COc1ccccc1NC(=O)C(C)Sc1nncn1CCc1cccs1. The van der Waals surface area contributed by atoms with E-state index >= 15 is 0 Å². The number of hydrogen-bond donors (Lipinski definition) is 1. The van der Waals surface area contributed by atoms with Crippen LogP contribution in [0.25, 0.3) is 0 Å². The molecule has 1 amide bonds. The lowest BCUT2D eigenvalue weighted by atomic mass is 10.3. The molecule has 2 heterocycles. The van der Waals surface area contributed by atoms with Gasteiger partial charge in [0.15, 0.2) is 5.16 Å². The number of ether oxygens (including phenoxy) is 1. The lowest BCUT2D eigenvalue weighted by Crippen LogP contribution is -2.23. The van der Waals surface area contributed by atoms with Crippen molar-refractivity contribution in [3.8, 4) is 5.75 Å². The topological polar surface area (TPSA) is 69.0 Å². The largest absolute Gasteiger partial charge is 0.495 e. The summed E-state index contributed by atoms with van der Waals surface area (Å²) >= 11 is 3.13. The number of nitrogens with one attached hydrogen (secondary N) is 1. The number of thiophene rings is 1. The van der Waals surface area contributed by atoms with E-state index < -0.39 is 0 Å². The van der Waals surface area contributed by atoms with Gasteiger partial charge in [0, 0.05) is 11.4 Å². The van der Waals surface area contributed by atoms with Crippen molar-refractivity contribution in [3.63, 3.8) is 0 Å². The van der Waals surface area contributed by atoms with Gasteiger partial charge in [-0.1, -0.05) is 30.0 Å². The van der Waals surface area contributed by atoms with Crippen LogP contribution in [-0.2, 0) is 17.8 Å². The Morgan fingerprint density at radius 3 is 2.96 bits per heavy atom. The Labute approximate surface area is 160 Å². The first kappa shape index (κ1) is 18.5. The summed E-state index contributed by atoms with van der Waals surface area (Å²) in [4.78, 5) is 13.8. The fourth-order valence-electron chi connectivity index (χ4n) is 2.37. The lowest BCUT2D eigenvalue weighted by molar-refractivity contribution is -0.115. The summed E-state index contributed by atoms with van der Waals surface area (Å²) in [5.41, 5.74) is 0.659. The van der Waals surface area contributed by atoms with Gasteiger partial charge in [0.1, 0.15) is 12.1 Å². The predicted octanol–water partition coefficient (Wildman–Crippen LogP) is 3.71. The first-order chi connectivity index (χ1) is 12.7. The Bertz CT molecular complexity index is 849. The fraction of sp³-hybridized carbons (Fsp3) is 0.278. The van der Waals surface area contributed by atoms with Crippen molar-refractivity contribution < 1.29 is 9.53 Å². The average molecular weight is 389 g/mol. The van der Waals surface area contributed by atoms with E-state index in [0.717, 1.165) is 18.1 Å². The van der Waals surface area contributed by atoms with Gasteiger partial charge in [0.25, 0.3) is 0 Å². The van der Waals surface area contributed by atoms with Crippen LogP contribution in [0.2, 0.25) is 0 Å². The van der Waals surface area contributed by atoms with E-state index in [0.29, 0.717) is 11.4 Å². The number of para-hydroxylation sites is 2. The predicted molar refractivity (Wildman–Crippen MR) is 105 cm³/mol. The van der Waals surface area contributed by atoms with Gasteiger partial charge in [0.05, 0.1) is 18.0 Å². The zero-order chi connectivity index (χ0) is 18.4. The highest BCUT2D eigenvalue weighted by Crippen LogP contribution is 2.26. The molecular weight excluding hydrogens is 368 g/mol. The molecule has 26 heavy (non-hydrogen) atoms. The van der Waals surface area contributed by atoms with E-state index in [4.69, 9.17) is 4.74 Å². The molecule has 8 heteroatoms. The molecule has 0 spiro atoms. The molecule has 0 saturated heterocycles. The van der Waals surface area contributed by atoms with E-state index in [-0.39, 0.29) is 11.2 Å². The minimum atomic E-state index is -0.315. The highest BCUT2D eigenvalue weighted by molar-refractivity contribution is 8.00. The van der Waals surface area contributed by atoms with Crippen molar-refractivity contribution in [2.24, 2.45) is 0 Å². The highest BCUT2D eigenvalue weighted by Gasteiger charge is 2.19. The fourth-order valence-corrected chi connectivity index (χ4v) is 3.92. The number of anilines is 1. The summed E-state index contributed by atoms with van der Waals surface area (Å²) in [7, 11) is 1.58. The molecule has 0 aliphatic carbocycles. The third kappa shape index (κ3) is 4.64. The van der Waals surface area contributed by atoms with Gasteiger partial charge in [-0.25, -0.2) is 0 Å². The van der Waals surface area contributed by atoms with Crippen LogP contribution in [0, 0.1) is 0 Å². The first-order valence-electron chi connectivity index (χ1n) is 8.18. The molecule has 0 bridgehead atoms. The Morgan fingerprint density at radius 2 is 2.19 bits per heavy atom. The van der Waals surface area contributed by atoms with Gasteiger partial charge < -0.3 is 14.6 Å². The number of methoxy groups -OCH3 is 1. The number of carbonyl (C=O) groups is 1. The Balaban J connectivity index is 1.60. The molecule has 0 radical (unpaired) electrons. The summed E-state index contributed by atoms with van der Waals surface area (Å²) in [5, 5.41) is 13.5. The maximum atomic E-state index is 12.5. The number of benzene rings is 1. The molecule has 1 unspecified atom stereocenters. The molecule has 136 valence electrons. The summed E-state index contributed by atoms with van der Waals surface area (Å²) in [6.45, 7) is 2.64. The Hall–Kier alpha value is -2.32. The third-order valence-electron chi connectivity index (χ3n) is 3.78. The summed E-state index contributed by atoms with van der Waals surface area (Å²) < 4.78 is 7.25. The second-order valence-corrected chi connectivity index (χ2v) is 7.93. The molecular formula is C18H20N4O2S2. The Kier molecular flexibility index (Phi) is 6.30. The lowest BCUT2D eigenvalue weighted by Gasteiger charge is -2.14. The van der Waals surface area contributed by atoms with E-state index in [1.807, 2.05) is 41.8 Å². The maximum absolute atomic E-state index is 12.5. The molecule has 2 aromatic heterocycles. The van der Waals surface area contributed by atoms with Gasteiger partial charge >= 0.3 is 0 Å². The number of amides is 1. The summed E-state index contributed by atoms with van der Waals surface area (Å²) in [6, 6.07) is 11.5. The monoisotopic (exact) mass is 388 g/mol. The molecule has 1 atom stereocenters. The third-order valence-corrected chi connectivity index (χ3v) is 5.81. The van der Waals surface area contributed by atoms with Crippen molar-refractivity contribution >= 4 is 34.7 Å². The molecule has 0 aliphatic heterocycles. The van der Waals surface area contributed by atoms with Crippen LogP contribution < -0.4 is 10.1 Å². The van der Waals surface area contributed by atoms with Crippen molar-refractivity contribution in [1.82, 2.24) is 14.8 Å².